The van der Waals surface area contributed by atoms with Gasteiger partial charge in [0.25, 0.3) is 0 Å². The van der Waals surface area contributed by atoms with Crippen LogP contribution >= 0.6 is 0 Å². The van der Waals surface area contributed by atoms with E-state index in [-0.39, 0.29) is 17.7 Å². The van der Waals surface area contributed by atoms with Crippen molar-refractivity contribution in [2.75, 3.05) is 18.4 Å². The molecule has 1 unspecified atom stereocenters. The zero-order chi connectivity index (χ0) is 20.4. The Morgan fingerprint density at radius 1 is 1.17 bits per heavy atom. The van der Waals surface area contributed by atoms with Crippen molar-refractivity contribution in [1.29, 1.82) is 0 Å². The summed E-state index contributed by atoms with van der Waals surface area (Å²) in [6.45, 7) is 2.99. The van der Waals surface area contributed by atoms with Gasteiger partial charge in [-0.1, -0.05) is 42.0 Å². The molecule has 2 heterocycles. The molecule has 6 nitrogen and oxygen atoms in total. The molecule has 150 valence electrons. The lowest BCUT2D eigenvalue weighted by Crippen LogP contribution is -2.52. The molecule has 4 rings (SSSR count). The predicted octanol–water partition coefficient (Wildman–Crippen LogP) is 2.51. The predicted molar refractivity (Wildman–Crippen MR) is 110 cm³/mol. The first kappa shape index (κ1) is 19.2. The highest BCUT2D eigenvalue weighted by atomic mass is 16.2. The van der Waals surface area contributed by atoms with E-state index < -0.39 is 6.04 Å². The standard InChI is InChI=1S/C23H25N3O3/c1-15-4-2-6-17(12-15)22-23(29)24-10-11-26(22)21(28)7-3-5-16-8-9-19-18(13-16)14-20(27)25-19/h2,4,6,8-9,12-13,22H,3,5,7,10-11,14H2,1H3,(H,24,29)(H,25,27). The van der Waals surface area contributed by atoms with Crippen LogP contribution in [0.15, 0.2) is 42.5 Å². The Morgan fingerprint density at radius 2 is 2.03 bits per heavy atom. The summed E-state index contributed by atoms with van der Waals surface area (Å²) >= 11 is 0. The van der Waals surface area contributed by atoms with E-state index in [4.69, 9.17) is 0 Å². The lowest BCUT2D eigenvalue weighted by atomic mass is 9.99. The van der Waals surface area contributed by atoms with E-state index in [9.17, 15) is 14.4 Å². The van der Waals surface area contributed by atoms with Crippen LogP contribution in [0.5, 0.6) is 0 Å². The quantitative estimate of drug-likeness (QED) is 0.822. The summed E-state index contributed by atoms with van der Waals surface area (Å²) in [4.78, 5) is 38.6. The number of piperazine rings is 1. The molecule has 6 heteroatoms. The minimum absolute atomic E-state index is 0.00404. The molecular formula is C23H25N3O3. The number of amides is 3. The topological polar surface area (TPSA) is 78.5 Å². The summed E-state index contributed by atoms with van der Waals surface area (Å²) in [7, 11) is 0. The van der Waals surface area contributed by atoms with E-state index in [1.807, 2.05) is 49.4 Å². The van der Waals surface area contributed by atoms with Crippen LogP contribution < -0.4 is 10.6 Å². The second-order valence-corrected chi connectivity index (χ2v) is 7.76. The molecule has 0 radical (unpaired) electrons. The van der Waals surface area contributed by atoms with Gasteiger partial charge in [-0.2, -0.15) is 0 Å². The van der Waals surface area contributed by atoms with Gasteiger partial charge in [-0.3, -0.25) is 14.4 Å². The average molecular weight is 391 g/mol. The molecule has 2 aliphatic rings. The number of hydrogen-bond acceptors (Lipinski definition) is 3. The van der Waals surface area contributed by atoms with Gasteiger partial charge in [0.05, 0.1) is 6.42 Å². The minimum atomic E-state index is -0.562. The lowest BCUT2D eigenvalue weighted by Gasteiger charge is -2.35. The Balaban J connectivity index is 1.40. The largest absolute Gasteiger partial charge is 0.352 e. The van der Waals surface area contributed by atoms with Crippen LogP contribution in [0.2, 0.25) is 0 Å². The van der Waals surface area contributed by atoms with Crippen LogP contribution in [-0.4, -0.2) is 35.7 Å². The smallest absolute Gasteiger partial charge is 0.247 e. The molecule has 29 heavy (non-hydrogen) atoms. The molecule has 2 aliphatic heterocycles. The molecule has 0 aromatic heterocycles. The van der Waals surface area contributed by atoms with E-state index in [0.29, 0.717) is 32.4 Å². The molecule has 2 aromatic rings. The first-order valence-electron chi connectivity index (χ1n) is 10.1. The zero-order valence-corrected chi connectivity index (χ0v) is 16.5. The molecular weight excluding hydrogens is 366 g/mol. The first-order chi connectivity index (χ1) is 14.0. The number of anilines is 1. The first-order valence-corrected chi connectivity index (χ1v) is 10.1. The highest BCUT2D eigenvalue weighted by molar-refractivity contribution is 5.99. The van der Waals surface area contributed by atoms with Gasteiger partial charge >= 0.3 is 0 Å². The summed E-state index contributed by atoms with van der Waals surface area (Å²) in [6.07, 6.45) is 2.28. The second-order valence-electron chi connectivity index (χ2n) is 7.76. The van der Waals surface area contributed by atoms with Crippen molar-refractivity contribution in [3.63, 3.8) is 0 Å². The Bertz CT molecular complexity index is 970. The maximum Gasteiger partial charge on any atom is 0.247 e. The number of carbonyl (C=O) groups excluding carboxylic acids is 3. The molecule has 0 bridgehead atoms. The Hall–Kier alpha value is -3.15. The molecule has 1 saturated heterocycles. The highest BCUT2D eigenvalue weighted by Crippen LogP contribution is 2.26. The van der Waals surface area contributed by atoms with Gasteiger partial charge < -0.3 is 15.5 Å². The van der Waals surface area contributed by atoms with Crippen LogP contribution in [-0.2, 0) is 27.2 Å². The third-order valence-corrected chi connectivity index (χ3v) is 5.54. The van der Waals surface area contributed by atoms with Gasteiger partial charge in [0.15, 0.2) is 0 Å². The van der Waals surface area contributed by atoms with Crippen LogP contribution in [0.3, 0.4) is 0 Å². The number of hydrogen-bond donors (Lipinski definition) is 2. The van der Waals surface area contributed by atoms with E-state index in [1.54, 1.807) is 4.90 Å². The monoisotopic (exact) mass is 391 g/mol. The second kappa shape index (κ2) is 8.07. The van der Waals surface area contributed by atoms with E-state index in [2.05, 4.69) is 10.6 Å². The summed E-state index contributed by atoms with van der Waals surface area (Å²) in [6, 6.07) is 13.2. The zero-order valence-electron chi connectivity index (χ0n) is 16.5. The number of rotatable bonds is 5. The Labute approximate surface area is 170 Å². The lowest BCUT2D eigenvalue weighted by molar-refractivity contribution is -0.143. The summed E-state index contributed by atoms with van der Waals surface area (Å²) in [5.74, 6) is -0.0896. The molecule has 0 aliphatic carbocycles. The van der Waals surface area contributed by atoms with Crippen molar-refractivity contribution in [2.24, 2.45) is 0 Å². The van der Waals surface area contributed by atoms with E-state index >= 15 is 0 Å². The molecule has 0 saturated carbocycles. The third kappa shape index (κ3) is 4.16. The van der Waals surface area contributed by atoms with Crippen LogP contribution in [0.25, 0.3) is 0 Å². The van der Waals surface area contributed by atoms with Crippen molar-refractivity contribution in [1.82, 2.24) is 10.2 Å². The summed E-state index contributed by atoms with van der Waals surface area (Å²) < 4.78 is 0. The fourth-order valence-corrected chi connectivity index (χ4v) is 4.13. The van der Waals surface area contributed by atoms with Crippen molar-refractivity contribution >= 4 is 23.4 Å². The number of fused-ring (bicyclic) bond motifs is 1. The molecule has 2 aromatic carbocycles. The van der Waals surface area contributed by atoms with Crippen LogP contribution in [0.4, 0.5) is 5.69 Å². The van der Waals surface area contributed by atoms with Crippen molar-refractivity contribution in [3.05, 3.63) is 64.7 Å². The molecule has 2 N–H and O–H groups in total. The Kier molecular flexibility index (Phi) is 5.34. The third-order valence-electron chi connectivity index (χ3n) is 5.54. The molecule has 0 spiro atoms. The maximum atomic E-state index is 12.9. The van der Waals surface area contributed by atoms with Crippen LogP contribution in [0, 0.1) is 6.92 Å². The van der Waals surface area contributed by atoms with Gasteiger partial charge in [0, 0.05) is 25.2 Å². The Morgan fingerprint density at radius 3 is 2.86 bits per heavy atom. The normalized spacial score (nSPS) is 18.2. The van der Waals surface area contributed by atoms with Crippen LogP contribution in [0.1, 0.15) is 41.1 Å². The molecule has 1 fully saturated rings. The minimum Gasteiger partial charge on any atom is -0.352 e. The summed E-state index contributed by atoms with van der Waals surface area (Å²) in [5.41, 5.74) is 4.95. The van der Waals surface area contributed by atoms with Gasteiger partial charge in [-0.25, -0.2) is 0 Å². The van der Waals surface area contributed by atoms with Crippen molar-refractivity contribution < 1.29 is 14.4 Å². The van der Waals surface area contributed by atoms with Crippen molar-refractivity contribution in [2.45, 2.75) is 38.6 Å². The highest BCUT2D eigenvalue weighted by Gasteiger charge is 2.33. The average Bonchev–Trinajstić information content (AvgIpc) is 3.07. The van der Waals surface area contributed by atoms with Gasteiger partial charge in [0.2, 0.25) is 17.7 Å². The van der Waals surface area contributed by atoms with Crippen molar-refractivity contribution in [3.8, 4) is 0 Å². The number of nitrogens with zero attached hydrogens (tertiary/aromatic N) is 1. The number of benzene rings is 2. The van der Waals surface area contributed by atoms with Gasteiger partial charge in [-0.15, -0.1) is 0 Å². The van der Waals surface area contributed by atoms with Gasteiger partial charge in [-0.05, 0) is 42.5 Å². The number of aryl methyl sites for hydroxylation is 2. The van der Waals surface area contributed by atoms with E-state index in [0.717, 1.165) is 34.4 Å². The number of nitrogens with one attached hydrogen (secondary N) is 2. The van der Waals surface area contributed by atoms with E-state index in [1.165, 1.54) is 0 Å². The summed E-state index contributed by atoms with van der Waals surface area (Å²) in [5, 5.41) is 5.71. The molecule has 1 atom stereocenters. The number of carbonyl (C=O) groups is 3. The SMILES string of the molecule is Cc1cccc(C2C(=O)NCCN2C(=O)CCCc2ccc3c(c2)CC(=O)N3)c1. The molecule has 3 amide bonds. The fourth-order valence-electron chi connectivity index (χ4n) is 4.13. The maximum absolute atomic E-state index is 12.9. The van der Waals surface area contributed by atoms with Gasteiger partial charge in [0.1, 0.15) is 6.04 Å². The fraction of sp³-hybridized carbons (Fsp3) is 0.348.